The summed E-state index contributed by atoms with van der Waals surface area (Å²) >= 11 is 0. The molecule has 0 aromatic heterocycles. The van der Waals surface area contributed by atoms with Crippen molar-refractivity contribution in [2.45, 2.75) is 19.3 Å². The van der Waals surface area contributed by atoms with Crippen LogP contribution in [0.25, 0.3) is 6.08 Å². The van der Waals surface area contributed by atoms with Gasteiger partial charge in [0.05, 0.1) is 6.54 Å². The normalized spacial score (nSPS) is 18.1. The van der Waals surface area contributed by atoms with E-state index in [1.807, 2.05) is 21.9 Å². The highest BCUT2D eigenvalue weighted by molar-refractivity contribution is 5.94. The van der Waals surface area contributed by atoms with E-state index in [1.165, 1.54) is 6.42 Å². The molecule has 0 bridgehead atoms. The number of hydrogen-bond acceptors (Lipinski definition) is 4. The lowest BCUT2D eigenvalue weighted by Gasteiger charge is -2.35. The lowest BCUT2D eigenvalue weighted by Crippen LogP contribution is -2.51. The maximum Gasteiger partial charge on any atom is 0.251 e. The molecule has 1 aromatic carbocycles. The highest BCUT2D eigenvalue weighted by Crippen LogP contribution is 2.11. The van der Waals surface area contributed by atoms with Crippen molar-refractivity contribution < 1.29 is 14.4 Å². The largest absolute Gasteiger partial charge is 0.355 e. The molecule has 7 heteroatoms. The second-order valence-corrected chi connectivity index (χ2v) is 7.58. The molecule has 1 aromatic rings. The van der Waals surface area contributed by atoms with Gasteiger partial charge in [-0.3, -0.25) is 19.3 Å². The summed E-state index contributed by atoms with van der Waals surface area (Å²) in [4.78, 5) is 42.3. The topological polar surface area (TPSA) is 73.0 Å². The quantitative estimate of drug-likeness (QED) is 0.757. The zero-order chi connectivity index (χ0) is 20.6. The maximum atomic E-state index is 12.5. The first-order valence-corrected chi connectivity index (χ1v) is 10.4. The van der Waals surface area contributed by atoms with Gasteiger partial charge in [0.2, 0.25) is 11.8 Å². The Labute approximate surface area is 172 Å². The molecule has 3 rings (SSSR count). The summed E-state index contributed by atoms with van der Waals surface area (Å²) in [6.45, 7) is 4.92. The minimum Gasteiger partial charge on any atom is -0.355 e. The van der Waals surface area contributed by atoms with Crippen LogP contribution in [-0.2, 0) is 9.59 Å². The van der Waals surface area contributed by atoms with Crippen LogP contribution in [0, 0.1) is 0 Å². The zero-order valence-corrected chi connectivity index (χ0v) is 17.1. The van der Waals surface area contributed by atoms with Gasteiger partial charge in [0.25, 0.3) is 5.91 Å². The minimum atomic E-state index is -0.131. The van der Waals surface area contributed by atoms with Crippen molar-refractivity contribution in [2.75, 3.05) is 52.9 Å². The van der Waals surface area contributed by atoms with Crippen LogP contribution in [-0.4, -0.2) is 85.3 Å². The maximum absolute atomic E-state index is 12.5. The summed E-state index contributed by atoms with van der Waals surface area (Å²) in [6, 6.07) is 7.11. The van der Waals surface area contributed by atoms with E-state index in [1.54, 1.807) is 31.3 Å². The van der Waals surface area contributed by atoms with Gasteiger partial charge in [0.1, 0.15) is 0 Å². The Kier molecular flexibility index (Phi) is 7.41. The summed E-state index contributed by atoms with van der Waals surface area (Å²) in [5, 5.41) is 2.58. The number of carbonyl (C=O) groups is 3. The predicted octanol–water partition coefficient (Wildman–Crippen LogP) is 1.22. The molecule has 0 unspecified atom stereocenters. The van der Waals surface area contributed by atoms with Gasteiger partial charge in [-0.25, -0.2) is 0 Å². The van der Waals surface area contributed by atoms with Crippen molar-refractivity contribution in [1.82, 2.24) is 20.0 Å². The molecule has 1 N–H and O–H groups in total. The second kappa shape index (κ2) is 10.2. The molecule has 2 aliphatic heterocycles. The number of nitrogens with one attached hydrogen (secondary N) is 1. The van der Waals surface area contributed by atoms with Crippen molar-refractivity contribution in [1.29, 1.82) is 0 Å². The molecule has 0 aliphatic carbocycles. The van der Waals surface area contributed by atoms with Crippen LogP contribution in [0.4, 0.5) is 0 Å². The molecule has 0 spiro atoms. The summed E-state index contributed by atoms with van der Waals surface area (Å²) in [7, 11) is 1.60. The summed E-state index contributed by atoms with van der Waals surface area (Å²) < 4.78 is 0. The molecule has 29 heavy (non-hydrogen) atoms. The van der Waals surface area contributed by atoms with Gasteiger partial charge in [0.15, 0.2) is 0 Å². The Bertz CT molecular complexity index is 746. The van der Waals surface area contributed by atoms with Crippen molar-refractivity contribution in [3.8, 4) is 0 Å². The molecular formula is C22H30N4O3. The van der Waals surface area contributed by atoms with Crippen LogP contribution >= 0.6 is 0 Å². The number of hydrogen-bond donors (Lipinski definition) is 1. The molecular weight excluding hydrogens is 368 g/mol. The Balaban J connectivity index is 1.44. The average molecular weight is 399 g/mol. The smallest absolute Gasteiger partial charge is 0.251 e. The van der Waals surface area contributed by atoms with Gasteiger partial charge >= 0.3 is 0 Å². The predicted molar refractivity (Wildman–Crippen MR) is 112 cm³/mol. The Morgan fingerprint density at radius 3 is 2.17 bits per heavy atom. The summed E-state index contributed by atoms with van der Waals surface area (Å²) in [5.74, 6) is 0.0557. The molecule has 0 saturated carbocycles. The van der Waals surface area contributed by atoms with E-state index in [2.05, 4.69) is 10.2 Å². The number of nitrogens with zero attached hydrogens (tertiary/aromatic N) is 3. The van der Waals surface area contributed by atoms with Crippen LogP contribution in [0.5, 0.6) is 0 Å². The number of amides is 3. The molecule has 7 nitrogen and oxygen atoms in total. The fourth-order valence-corrected chi connectivity index (χ4v) is 3.72. The third-order valence-corrected chi connectivity index (χ3v) is 5.57. The standard InChI is InChI=1S/C22H30N4O3/c1-23-22(29)19-8-5-18(6-9-19)7-10-20(27)26-15-13-24(14-16-26)17-21(28)25-11-3-2-4-12-25/h5-10H,2-4,11-17H2,1H3,(H,23,29)/b10-7+. The molecule has 2 fully saturated rings. The van der Waals surface area contributed by atoms with Gasteiger partial charge in [0, 0.05) is 58.0 Å². The SMILES string of the molecule is CNC(=O)c1ccc(/C=C/C(=O)N2CCN(CC(=O)N3CCCCC3)CC2)cc1. The lowest BCUT2D eigenvalue weighted by atomic mass is 10.1. The Morgan fingerprint density at radius 2 is 1.55 bits per heavy atom. The van der Waals surface area contributed by atoms with Crippen LogP contribution in [0.2, 0.25) is 0 Å². The monoisotopic (exact) mass is 398 g/mol. The third-order valence-electron chi connectivity index (χ3n) is 5.57. The lowest BCUT2D eigenvalue weighted by molar-refractivity contribution is -0.134. The number of rotatable bonds is 5. The molecule has 2 saturated heterocycles. The van der Waals surface area contributed by atoms with Crippen molar-refractivity contribution >= 4 is 23.8 Å². The molecule has 2 aliphatic rings. The van der Waals surface area contributed by atoms with Crippen molar-refractivity contribution in [3.05, 3.63) is 41.5 Å². The van der Waals surface area contributed by atoms with E-state index in [9.17, 15) is 14.4 Å². The van der Waals surface area contributed by atoms with Crippen LogP contribution in [0.3, 0.4) is 0 Å². The number of carbonyl (C=O) groups excluding carboxylic acids is 3. The van der Waals surface area contributed by atoms with E-state index in [0.29, 0.717) is 25.2 Å². The third kappa shape index (κ3) is 5.90. The van der Waals surface area contributed by atoms with Gasteiger partial charge in [-0.2, -0.15) is 0 Å². The van der Waals surface area contributed by atoms with E-state index >= 15 is 0 Å². The molecule has 0 radical (unpaired) electrons. The average Bonchev–Trinajstić information content (AvgIpc) is 2.78. The van der Waals surface area contributed by atoms with Crippen LogP contribution < -0.4 is 5.32 Å². The highest BCUT2D eigenvalue weighted by Gasteiger charge is 2.24. The van der Waals surface area contributed by atoms with Gasteiger partial charge in [-0.15, -0.1) is 0 Å². The van der Waals surface area contributed by atoms with Gasteiger partial charge in [-0.1, -0.05) is 12.1 Å². The van der Waals surface area contributed by atoms with Crippen molar-refractivity contribution in [3.63, 3.8) is 0 Å². The first-order chi connectivity index (χ1) is 14.1. The number of piperidine rings is 1. The van der Waals surface area contributed by atoms with Crippen LogP contribution in [0.1, 0.15) is 35.2 Å². The molecule has 2 heterocycles. The van der Waals surface area contributed by atoms with Crippen LogP contribution in [0.15, 0.2) is 30.3 Å². The van der Waals surface area contributed by atoms with E-state index in [0.717, 1.165) is 44.6 Å². The minimum absolute atomic E-state index is 0.0256. The zero-order valence-electron chi connectivity index (χ0n) is 17.1. The number of piperazine rings is 1. The number of likely N-dealkylation sites (tertiary alicyclic amines) is 1. The van der Waals surface area contributed by atoms with E-state index in [4.69, 9.17) is 0 Å². The first kappa shape index (κ1) is 21.0. The second-order valence-electron chi connectivity index (χ2n) is 7.58. The fraction of sp³-hybridized carbons (Fsp3) is 0.500. The van der Waals surface area contributed by atoms with E-state index in [-0.39, 0.29) is 17.7 Å². The molecule has 0 atom stereocenters. The highest BCUT2D eigenvalue weighted by atomic mass is 16.2. The Morgan fingerprint density at radius 1 is 0.897 bits per heavy atom. The van der Waals surface area contributed by atoms with E-state index < -0.39 is 0 Å². The number of benzene rings is 1. The molecule has 3 amide bonds. The summed E-state index contributed by atoms with van der Waals surface area (Å²) in [5.41, 5.74) is 1.46. The first-order valence-electron chi connectivity index (χ1n) is 10.4. The summed E-state index contributed by atoms with van der Waals surface area (Å²) in [6.07, 6.45) is 6.77. The van der Waals surface area contributed by atoms with Gasteiger partial charge in [-0.05, 0) is 43.0 Å². The van der Waals surface area contributed by atoms with Crippen molar-refractivity contribution in [2.24, 2.45) is 0 Å². The Hall–Kier alpha value is -2.67. The van der Waals surface area contributed by atoms with Gasteiger partial charge < -0.3 is 15.1 Å². The fourth-order valence-electron chi connectivity index (χ4n) is 3.72. The molecule has 156 valence electrons.